The van der Waals surface area contributed by atoms with Crippen molar-refractivity contribution in [3.8, 4) is 6.07 Å². The molecule has 0 radical (unpaired) electrons. The van der Waals surface area contributed by atoms with Crippen LogP contribution in [-0.2, 0) is 0 Å². The maximum atomic E-state index is 8.63. The molecule has 0 aliphatic carbocycles. The van der Waals surface area contributed by atoms with E-state index >= 15 is 0 Å². The Morgan fingerprint density at radius 3 is 2.60 bits per heavy atom. The fraction of sp³-hybridized carbons (Fsp3) is 0. The Balaban J connectivity index is 0.000000131. The third kappa shape index (κ3) is 2.49. The Labute approximate surface area is 124 Å². The molecule has 1 aromatic carbocycles. The average Bonchev–Trinajstić information content (AvgIpc) is 3.09. The maximum Gasteiger partial charge on any atom is 0.0991 e. The van der Waals surface area contributed by atoms with Crippen molar-refractivity contribution in [2.24, 2.45) is 0 Å². The van der Waals surface area contributed by atoms with Crippen LogP contribution in [0, 0.1) is 11.3 Å². The van der Waals surface area contributed by atoms with Gasteiger partial charge in [-0.3, -0.25) is 4.98 Å². The summed E-state index contributed by atoms with van der Waals surface area (Å²) >= 11 is 3.38. The number of H-pyrrole nitrogens is 1. The van der Waals surface area contributed by atoms with E-state index in [1.54, 1.807) is 12.3 Å². The van der Waals surface area contributed by atoms with Crippen molar-refractivity contribution in [2.75, 3.05) is 0 Å². The summed E-state index contributed by atoms with van der Waals surface area (Å²) in [6.45, 7) is 0. The van der Waals surface area contributed by atoms with Crippen LogP contribution < -0.4 is 0 Å². The van der Waals surface area contributed by atoms with Gasteiger partial charge in [0, 0.05) is 21.6 Å². The Morgan fingerprint density at radius 2 is 2.00 bits per heavy atom. The van der Waals surface area contributed by atoms with Crippen molar-refractivity contribution in [3.05, 3.63) is 64.8 Å². The van der Waals surface area contributed by atoms with E-state index in [0.717, 1.165) is 15.4 Å². The average molecular weight is 324 g/mol. The molecule has 4 heteroatoms. The number of fused-ring (bicyclic) bond motifs is 3. The standard InChI is InChI=1S/C10H6N2.C6H4BrN/c11-7-8-3-4-10-9(6-8)2-1-5-12-10;7-5-3-4-1-2-6(5)8-4/h1-6H;1-3,8H. The topological polar surface area (TPSA) is 52.5 Å². The van der Waals surface area contributed by atoms with Crippen LogP contribution in [-0.4, -0.2) is 9.97 Å². The van der Waals surface area contributed by atoms with Crippen molar-refractivity contribution in [1.29, 1.82) is 5.26 Å². The third-order valence-electron chi connectivity index (χ3n) is 2.98. The van der Waals surface area contributed by atoms with E-state index in [1.165, 1.54) is 11.0 Å². The Kier molecular flexibility index (Phi) is 3.36. The number of halogens is 1. The van der Waals surface area contributed by atoms with Gasteiger partial charge in [-0.05, 0) is 58.4 Å². The normalized spacial score (nSPS) is 10.2. The van der Waals surface area contributed by atoms with E-state index in [4.69, 9.17) is 5.26 Å². The van der Waals surface area contributed by atoms with Gasteiger partial charge in [-0.25, -0.2) is 0 Å². The van der Waals surface area contributed by atoms with Crippen LogP contribution >= 0.6 is 15.9 Å². The molecular weight excluding hydrogens is 314 g/mol. The minimum Gasteiger partial charge on any atom is -0.355 e. The van der Waals surface area contributed by atoms with Crippen LogP contribution in [0.5, 0.6) is 0 Å². The van der Waals surface area contributed by atoms with E-state index in [2.05, 4.69) is 50.2 Å². The van der Waals surface area contributed by atoms with Crippen LogP contribution in [0.4, 0.5) is 0 Å². The molecule has 0 saturated heterocycles. The predicted molar refractivity (Wildman–Crippen MR) is 83.6 cm³/mol. The highest BCUT2D eigenvalue weighted by Crippen LogP contribution is 2.22. The summed E-state index contributed by atoms with van der Waals surface area (Å²) in [7, 11) is 0. The maximum absolute atomic E-state index is 8.63. The minimum absolute atomic E-state index is 0.676. The quantitative estimate of drug-likeness (QED) is 0.519. The third-order valence-corrected chi connectivity index (χ3v) is 3.64. The van der Waals surface area contributed by atoms with Gasteiger partial charge in [-0.15, -0.1) is 0 Å². The van der Waals surface area contributed by atoms with Gasteiger partial charge >= 0.3 is 0 Å². The van der Waals surface area contributed by atoms with E-state index in [1.807, 2.05) is 24.3 Å². The molecule has 1 N–H and O–H groups in total. The molecule has 0 atom stereocenters. The van der Waals surface area contributed by atoms with Crippen LogP contribution in [0.15, 0.2) is 59.2 Å². The first-order valence-electron chi connectivity index (χ1n) is 6.08. The number of rotatable bonds is 0. The molecule has 0 aliphatic rings. The lowest BCUT2D eigenvalue weighted by atomic mass is 10.1. The van der Waals surface area contributed by atoms with Gasteiger partial charge in [0.1, 0.15) is 0 Å². The summed E-state index contributed by atoms with van der Waals surface area (Å²) in [6, 6.07) is 17.5. The number of hydrogen-bond donors (Lipinski definition) is 1. The summed E-state index contributed by atoms with van der Waals surface area (Å²) in [5.74, 6) is 0. The van der Waals surface area contributed by atoms with Crippen LogP contribution in [0.3, 0.4) is 0 Å². The highest BCUT2D eigenvalue weighted by molar-refractivity contribution is 9.10. The lowest BCUT2D eigenvalue weighted by Crippen LogP contribution is -1.78. The van der Waals surface area contributed by atoms with Gasteiger partial charge < -0.3 is 4.98 Å². The summed E-state index contributed by atoms with van der Waals surface area (Å²) < 4.78 is 1.16. The van der Waals surface area contributed by atoms with Crippen molar-refractivity contribution in [1.82, 2.24) is 9.97 Å². The van der Waals surface area contributed by atoms with Crippen LogP contribution in [0.25, 0.3) is 21.9 Å². The molecule has 0 saturated carbocycles. The molecule has 0 fully saturated rings. The van der Waals surface area contributed by atoms with Crippen LogP contribution in [0.2, 0.25) is 0 Å². The molecule has 0 aliphatic heterocycles. The first-order valence-corrected chi connectivity index (χ1v) is 6.87. The molecule has 0 amide bonds. The summed E-state index contributed by atoms with van der Waals surface area (Å²) in [5.41, 5.74) is 3.97. The van der Waals surface area contributed by atoms with Crippen molar-refractivity contribution in [3.63, 3.8) is 0 Å². The van der Waals surface area contributed by atoms with Crippen molar-refractivity contribution < 1.29 is 0 Å². The molecule has 4 rings (SSSR count). The zero-order chi connectivity index (χ0) is 13.9. The molecule has 3 aromatic heterocycles. The van der Waals surface area contributed by atoms with Gasteiger partial charge in [0.25, 0.3) is 0 Å². The lowest BCUT2D eigenvalue weighted by molar-refractivity contribution is 1.41. The summed E-state index contributed by atoms with van der Waals surface area (Å²) in [6.07, 6.45) is 1.74. The molecule has 96 valence electrons. The Bertz CT molecular complexity index is 889. The monoisotopic (exact) mass is 323 g/mol. The zero-order valence-electron chi connectivity index (χ0n) is 10.5. The fourth-order valence-corrected chi connectivity index (χ4v) is 2.47. The van der Waals surface area contributed by atoms with E-state index in [0.29, 0.717) is 5.56 Å². The van der Waals surface area contributed by atoms with Crippen molar-refractivity contribution >= 4 is 37.9 Å². The number of aromatic amines is 1. The molecule has 2 bridgehead atoms. The molecule has 3 nitrogen and oxygen atoms in total. The Morgan fingerprint density at radius 1 is 1.10 bits per heavy atom. The highest BCUT2D eigenvalue weighted by Gasteiger charge is 1.97. The van der Waals surface area contributed by atoms with Crippen molar-refractivity contribution in [2.45, 2.75) is 0 Å². The molecule has 3 heterocycles. The number of nitrogens with zero attached hydrogens (tertiary/aromatic N) is 2. The van der Waals surface area contributed by atoms with E-state index in [-0.39, 0.29) is 0 Å². The first-order chi connectivity index (χ1) is 9.76. The van der Waals surface area contributed by atoms with Gasteiger partial charge in [0.05, 0.1) is 22.7 Å². The smallest absolute Gasteiger partial charge is 0.0991 e. The molecule has 0 unspecified atom stereocenters. The summed E-state index contributed by atoms with van der Waals surface area (Å²) in [5, 5.41) is 9.64. The van der Waals surface area contributed by atoms with Gasteiger partial charge in [0.15, 0.2) is 0 Å². The lowest BCUT2D eigenvalue weighted by Gasteiger charge is -1.94. The number of nitrogens with one attached hydrogen (secondary N) is 1. The van der Waals surface area contributed by atoms with Gasteiger partial charge in [0.2, 0.25) is 0 Å². The fourth-order valence-electron chi connectivity index (χ4n) is 1.99. The predicted octanol–water partition coefficient (Wildman–Crippen LogP) is 4.47. The second kappa shape index (κ2) is 5.32. The molecule has 20 heavy (non-hydrogen) atoms. The second-order valence-corrected chi connectivity index (χ2v) is 5.20. The highest BCUT2D eigenvalue weighted by atomic mass is 79.9. The molecule has 0 spiro atoms. The molecular formula is C16H10BrN3. The Hall–Kier alpha value is -2.38. The number of benzene rings is 2. The first kappa shape index (κ1) is 12.6. The number of nitriles is 1. The summed E-state index contributed by atoms with van der Waals surface area (Å²) in [4.78, 5) is 7.31. The zero-order valence-corrected chi connectivity index (χ0v) is 12.1. The molecule has 4 aromatic rings. The van der Waals surface area contributed by atoms with Gasteiger partial charge in [-0.2, -0.15) is 5.26 Å². The van der Waals surface area contributed by atoms with E-state index in [9.17, 15) is 0 Å². The van der Waals surface area contributed by atoms with E-state index < -0.39 is 0 Å². The second-order valence-electron chi connectivity index (χ2n) is 4.34. The number of pyridine rings is 1. The van der Waals surface area contributed by atoms with Gasteiger partial charge in [-0.1, -0.05) is 6.07 Å². The minimum atomic E-state index is 0.676. The number of aromatic nitrogens is 2. The largest absolute Gasteiger partial charge is 0.355 e. The SMILES string of the molecule is Brc1cc2ccc1[nH]2.N#Cc1ccc2ncccc2c1. The van der Waals surface area contributed by atoms with Crippen LogP contribution in [0.1, 0.15) is 5.56 Å². The number of hydrogen-bond acceptors (Lipinski definition) is 2.